The van der Waals surface area contributed by atoms with E-state index in [1.807, 2.05) is 12.1 Å². The van der Waals surface area contributed by atoms with E-state index in [-0.39, 0.29) is 0 Å². The molecule has 0 aliphatic carbocycles. The summed E-state index contributed by atoms with van der Waals surface area (Å²) in [5, 5.41) is 6.55. The Labute approximate surface area is 136 Å². The molecule has 0 fully saturated rings. The van der Waals surface area contributed by atoms with E-state index in [2.05, 4.69) is 54.0 Å². The summed E-state index contributed by atoms with van der Waals surface area (Å²) in [6.07, 6.45) is 1.73. The highest BCUT2D eigenvalue weighted by Gasteiger charge is 2.05. The molecule has 2 rings (SSSR count). The zero-order chi connectivity index (χ0) is 13.8. The van der Waals surface area contributed by atoms with Crippen LogP contribution in [0.4, 0.5) is 10.9 Å². The Morgan fingerprint density at radius 3 is 3.00 bits per heavy atom. The van der Waals surface area contributed by atoms with E-state index in [0.717, 1.165) is 19.4 Å². The van der Waals surface area contributed by atoms with Crippen LogP contribution in [0.15, 0.2) is 27.1 Å². The summed E-state index contributed by atoms with van der Waals surface area (Å²) in [7, 11) is 1.64. The van der Waals surface area contributed by atoms with Crippen LogP contribution in [-0.2, 0) is 0 Å². The maximum absolute atomic E-state index is 5.52. The maximum atomic E-state index is 5.52. The molecular formula is C11H10BrIN4OS. The van der Waals surface area contributed by atoms with Gasteiger partial charge in [-0.2, -0.15) is 5.10 Å². The monoisotopic (exact) mass is 452 g/mol. The zero-order valence-corrected chi connectivity index (χ0v) is 14.4. The molecule has 0 aliphatic rings. The molecule has 2 aromatic rings. The molecule has 1 aromatic heterocycles. The van der Waals surface area contributed by atoms with Crippen molar-refractivity contribution >= 4 is 67.0 Å². The number of aromatic nitrogens is 1. The van der Waals surface area contributed by atoms with Gasteiger partial charge in [-0.1, -0.05) is 0 Å². The van der Waals surface area contributed by atoms with Crippen LogP contribution < -0.4 is 15.9 Å². The van der Waals surface area contributed by atoms with Crippen molar-refractivity contribution in [2.45, 2.75) is 0 Å². The van der Waals surface area contributed by atoms with Gasteiger partial charge in [-0.15, -0.1) is 11.3 Å². The average molecular weight is 453 g/mol. The van der Waals surface area contributed by atoms with E-state index in [1.54, 1.807) is 18.7 Å². The van der Waals surface area contributed by atoms with Crippen molar-refractivity contribution in [3.63, 3.8) is 0 Å². The quantitative estimate of drug-likeness (QED) is 0.422. The number of hydrazone groups is 1. The molecule has 0 atom stereocenters. The number of methoxy groups -OCH3 is 1. The molecule has 0 aliphatic heterocycles. The number of nitrogens with one attached hydrogen (secondary N) is 1. The predicted octanol–water partition coefficient (Wildman–Crippen LogP) is 3.55. The third-order valence-electron chi connectivity index (χ3n) is 2.16. The number of halogens is 2. The second-order valence-corrected chi connectivity index (χ2v) is 6.33. The highest BCUT2D eigenvalue weighted by molar-refractivity contribution is 14.1. The van der Waals surface area contributed by atoms with Crippen LogP contribution in [0.25, 0.3) is 0 Å². The van der Waals surface area contributed by atoms with Gasteiger partial charge in [0.05, 0.1) is 17.8 Å². The molecule has 1 heterocycles. The van der Waals surface area contributed by atoms with Crippen molar-refractivity contribution in [1.29, 1.82) is 0 Å². The molecule has 0 amide bonds. The Morgan fingerprint density at radius 1 is 1.58 bits per heavy atom. The van der Waals surface area contributed by atoms with Gasteiger partial charge in [-0.05, 0) is 50.7 Å². The van der Waals surface area contributed by atoms with Gasteiger partial charge in [-0.25, -0.2) is 4.98 Å². The first-order valence-corrected chi connectivity index (χ1v) is 7.88. The molecule has 0 unspecified atom stereocenters. The molecule has 0 bridgehead atoms. The molecule has 0 saturated heterocycles. The Hall–Kier alpha value is -0.870. The highest BCUT2D eigenvalue weighted by Crippen LogP contribution is 2.28. The van der Waals surface area contributed by atoms with Crippen LogP contribution in [0.1, 0.15) is 5.56 Å². The summed E-state index contributed by atoms with van der Waals surface area (Å²) in [6.45, 7) is 0. The number of rotatable bonds is 4. The number of ether oxygens (including phenoxy) is 1. The van der Waals surface area contributed by atoms with E-state index in [9.17, 15) is 0 Å². The second kappa shape index (κ2) is 6.53. The Bertz CT molecular complexity index is 617. The van der Waals surface area contributed by atoms with Crippen molar-refractivity contribution in [2.75, 3.05) is 18.3 Å². The lowest BCUT2D eigenvalue weighted by Crippen LogP contribution is -1.94. The first-order chi connectivity index (χ1) is 9.10. The standard InChI is InChI=1S/C11H10BrIN4OS/c1-18-9-3-8(13)6(2-7(9)12)4-15-17-11-16-10(14)5-19-11/h2-5H,14H2,1H3,(H,16,17). The molecule has 0 spiro atoms. The van der Waals surface area contributed by atoms with Crippen LogP contribution in [0.5, 0.6) is 5.75 Å². The lowest BCUT2D eigenvalue weighted by molar-refractivity contribution is 0.412. The van der Waals surface area contributed by atoms with Crippen LogP contribution in [-0.4, -0.2) is 18.3 Å². The largest absolute Gasteiger partial charge is 0.496 e. The molecule has 3 N–H and O–H groups in total. The fourth-order valence-corrected chi connectivity index (χ4v) is 2.94. The number of thiazole rings is 1. The van der Waals surface area contributed by atoms with Crippen molar-refractivity contribution in [3.8, 4) is 5.75 Å². The maximum Gasteiger partial charge on any atom is 0.205 e. The summed E-state index contributed by atoms with van der Waals surface area (Å²) in [5.41, 5.74) is 9.34. The van der Waals surface area contributed by atoms with Gasteiger partial charge >= 0.3 is 0 Å². The van der Waals surface area contributed by atoms with Crippen LogP contribution in [0.2, 0.25) is 0 Å². The molecule has 5 nitrogen and oxygen atoms in total. The van der Waals surface area contributed by atoms with Gasteiger partial charge in [-0.3, -0.25) is 5.43 Å². The number of hydrogen-bond donors (Lipinski definition) is 2. The van der Waals surface area contributed by atoms with E-state index < -0.39 is 0 Å². The van der Waals surface area contributed by atoms with Crippen LogP contribution in [0.3, 0.4) is 0 Å². The van der Waals surface area contributed by atoms with E-state index in [1.165, 1.54) is 11.3 Å². The minimum absolute atomic E-state index is 0.490. The molecule has 100 valence electrons. The van der Waals surface area contributed by atoms with Crippen molar-refractivity contribution < 1.29 is 4.74 Å². The third kappa shape index (κ3) is 3.80. The topological polar surface area (TPSA) is 72.5 Å². The molecular weight excluding hydrogens is 443 g/mol. The number of nitrogens with zero attached hydrogens (tertiary/aromatic N) is 2. The number of hydrogen-bond acceptors (Lipinski definition) is 6. The Balaban J connectivity index is 2.12. The van der Waals surface area contributed by atoms with Crippen molar-refractivity contribution in [2.24, 2.45) is 5.10 Å². The SMILES string of the molecule is COc1cc(I)c(C=NNc2nc(N)cs2)cc1Br. The summed E-state index contributed by atoms with van der Waals surface area (Å²) in [4.78, 5) is 4.05. The molecule has 0 radical (unpaired) electrons. The predicted molar refractivity (Wildman–Crippen MR) is 91.2 cm³/mol. The van der Waals surface area contributed by atoms with Gasteiger partial charge in [0.15, 0.2) is 0 Å². The van der Waals surface area contributed by atoms with Gasteiger partial charge in [0, 0.05) is 14.5 Å². The third-order valence-corrected chi connectivity index (χ3v) is 4.48. The summed E-state index contributed by atoms with van der Waals surface area (Å²) < 4.78 is 7.15. The average Bonchev–Trinajstić information content (AvgIpc) is 2.79. The Kier molecular flexibility index (Phi) is 4.99. The minimum Gasteiger partial charge on any atom is -0.496 e. The van der Waals surface area contributed by atoms with Gasteiger partial charge < -0.3 is 10.5 Å². The second-order valence-electron chi connectivity index (χ2n) is 3.46. The highest BCUT2D eigenvalue weighted by atomic mass is 127. The zero-order valence-electron chi connectivity index (χ0n) is 9.85. The number of benzene rings is 1. The molecule has 8 heteroatoms. The smallest absolute Gasteiger partial charge is 0.205 e. The lowest BCUT2D eigenvalue weighted by Gasteiger charge is -2.06. The molecule has 19 heavy (non-hydrogen) atoms. The van der Waals surface area contributed by atoms with Crippen LogP contribution in [0, 0.1) is 3.57 Å². The first kappa shape index (κ1) is 14.5. The Morgan fingerprint density at radius 2 is 2.37 bits per heavy atom. The summed E-state index contributed by atoms with van der Waals surface area (Å²) in [6, 6.07) is 3.88. The van der Waals surface area contributed by atoms with Crippen LogP contribution >= 0.6 is 49.9 Å². The molecule has 1 aromatic carbocycles. The van der Waals surface area contributed by atoms with Crippen molar-refractivity contribution in [1.82, 2.24) is 4.98 Å². The van der Waals surface area contributed by atoms with E-state index in [4.69, 9.17) is 10.5 Å². The van der Waals surface area contributed by atoms with Gasteiger partial charge in [0.2, 0.25) is 5.13 Å². The van der Waals surface area contributed by atoms with E-state index in [0.29, 0.717) is 10.9 Å². The lowest BCUT2D eigenvalue weighted by atomic mass is 10.2. The normalized spacial score (nSPS) is 10.9. The van der Waals surface area contributed by atoms with E-state index >= 15 is 0 Å². The fourth-order valence-electron chi connectivity index (χ4n) is 1.29. The van der Waals surface area contributed by atoms with Crippen molar-refractivity contribution in [3.05, 3.63) is 31.1 Å². The number of nitrogen functional groups attached to an aromatic ring is 1. The fraction of sp³-hybridized carbons (Fsp3) is 0.0909. The summed E-state index contributed by atoms with van der Waals surface area (Å²) >= 11 is 7.08. The first-order valence-electron chi connectivity index (χ1n) is 5.13. The molecule has 0 saturated carbocycles. The summed E-state index contributed by atoms with van der Waals surface area (Å²) in [5.74, 6) is 1.28. The minimum atomic E-state index is 0.490. The number of nitrogens with two attached hydrogens (primary N) is 1. The van der Waals surface area contributed by atoms with Gasteiger partial charge in [0.1, 0.15) is 11.6 Å². The van der Waals surface area contributed by atoms with Gasteiger partial charge in [0.25, 0.3) is 0 Å². The number of anilines is 2.